The highest BCUT2D eigenvalue weighted by Gasteiger charge is 2.40. The summed E-state index contributed by atoms with van der Waals surface area (Å²) in [6.07, 6.45) is 1.03. The molecule has 3 aliphatic heterocycles. The molecule has 8 nitrogen and oxygen atoms in total. The van der Waals surface area contributed by atoms with E-state index < -0.39 is 0 Å². The van der Waals surface area contributed by atoms with Gasteiger partial charge in [0.1, 0.15) is 19.7 Å². The zero-order valence-corrected chi connectivity index (χ0v) is 20.8. The Bertz CT molecular complexity index is 1360. The Balaban J connectivity index is 1.29. The van der Waals surface area contributed by atoms with E-state index in [0.29, 0.717) is 22.7 Å². The third kappa shape index (κ3) is 3.81. The van der Waals surface area contributed by atoms with Gasteiger partial charge in [0, 0.05) is 63.0 Å². The molecule has 0 spiro atoms. The fourth-order valence-electron chi connectivity index (χ4n) is 6.18. The molecule has 5 heterocycles. The molecule has 2 radical (unpaired) electrons. The Kier molecular flexibility index (Phi) is 5.83. The number of piperazine rings is 1. The van der Waals surface area contributed by atoms with Crippen LogP contribution in [0.3, 0.4) is 0 Å². The summed E-state index contributed by atoms with van der Waals surface area (Å²) in [6, 6.07) is 15.0. The number of piperidine rings is 1. The van der Waals surface area contributed by atoms with Crippen LogP contribution >= 0.6 is 0 Å². The van der Waals surface area contributed by atoms with Crippen molar-refractivity contribution in [3.05, 3.63) is 53.2 Å². The maximum absolute atomic E-state index is 9.58. The molecule has 0 amide bonds. The summed E-state index contributed by atoms with van der Waals surface area (Å²) in [7, 11) is 7.68. The summed E-state index contributed by atoms with van der Waals surface area (Å²) in [4.78, 5) is 16.9. The minimum atomic E-state index is -0.00852. The third-order valence-corrected chi connectivity index (χ3v) is 8.07. The number of nitrogens with zero attached hydrogens (tertiary/aromatic N) is 6. The number of hydrogen-bond donors (Lipinski definition) is 1. The molecule has 1 aromatic carbocycles. The number of pyridine rings is 2. The summed E-state index contributed by atoms with van der Waals surface area (Å²) >= 11 is 0. The van der Waals surface area contributed by atoms with Gasteiger partial charge >= 0.3 is 0 Å². The number of ether oxygens (including phenoxy) is 1. The van der Waals surface area contributed by atoms with Gasteiger partial charge in [0.15, 0.2) is 0 Å². The third-order valence-electron chi connectivity index (χ3n) is 8.07. The van der Waals surface area contributed by atoms with Crippen LogP contribution in [0.5, 0.6) is 0 Å². The van der Waals surface area contributed by atoms with Crippen molar-refractivity contribution in [2.75, 3.05) is 43.1 Å². The number of nitrogens with two attached hydrogens (primary N) is 1. The normalized spacial score (nSPS) is 26.1. The Hall–Kier alpha value is -3.19. The summed E-state index contributed by atoms with van der Waals surface area (Å²) in [5.41, 5.74) is 11.5. The number of fused-ring (bicyclic) bond motifs is 4. The van der Waals surface area contributed by atoms with E-state index in [1.165, 1.54) is 5.56 Å². The predicted molar refractivity (Wildman–Crippen MR) is 142 cm³/mol. The first-order valence-electron chi connectivity index (χ1n) is 12.6. The Morgan fingerprint density at radius 1 is 1.08 bits per heavy atom. The lowest BCUT2D eigenvalue weighted by Gasteiger charge is -2.43. The highest BCUT2D eigenvalue weighted by atomic mass is 16.5. The van der Waals surface area contributed by atoms with E-state index >= 15 is 0 Å². The average Bonchev–Trinajstić information content (AvgIpc) is 3.26. The standard InChI is InChI=1S/C27H30BN7O/c1-16-12-34(22-6-3-17(11-29)27-19(22)4-7-25(28)32-27)15-23-18-5-8-26(31-21(18)14-35(16)23)33-10-9-24(36-2)20(30)13-33/h3-8,16,20,23-24H,9-10,12-15,30H2,1-2H3/t16-,20-,23-,24-/m1/s1. The van der Waals surface area contributed by atoms with Gasteiger partial charge in [-0.2, -0.15) is 5.26 Å². The van der Waals surface area contributed by atoms with Crippen LogP contribution in [0.25, 0.3) is 10.9 Å². The highest BCUT2D eigenvalue weighted by molar-refractivity contribution is 6.31. The molecule has 2 aromatic heterocycles. The van der Waals surface area contributed by atoms with Gasteiger partial charge in [0.25, 0.3) is 0 Å². The molecular weight excluding hydrogens is 449 g/mol. The summed E-state index contributed by atoms with van der Waals surface area (Å²) < 4.78 is 5.52. The first kappa shape index (κ1) is 23.2. The topological polar surface area (TPSA) is 94.5 Å². The van der Waals surface area contributed by atoms with Crippen molar-refractivity contribution in [1.29, 1.82) is 5.26 Å². The quantitative estimate of drug-likeness (QED) is 0.567. The van der Waals surface area contributed by atoms with E-state index in [0.717, 1.165) is 61.7 Å². The van der Waals surface area contributed by atoms with E-state index in [1.54, 1.807) is 7.11 Å². The van der Waals surface area contributed by atoms with Gasteiger partial charge in [-0.25, -0.2) is 4.98 Å². The molecule has 3 aromatic rings. The largest absolute Gasteiger partial charge is 0.380 e. The van der Waals surface area contributed by atoms with Gasteiger partial charge in [-0.1, -0.05) is 12.1 Å². The lowest BCUT2D eigenvalue weighted by molar-refractivity contribution is 0.0663. The second-order valence-corrected chi connectivity index (χ2v) is 10.2. The SMILES string of the molecule is [B]c1ccc2c(N3C[C@@H](C)N4Cc5nc(N6CC[C@@H](OC)[C@H](N)C6)ccc5[C@H]4C3)ccc(C#N)c2n1. The van der Waals surface area contributed by atoms with Gasteiger partial charge in [-0.05, 0) is 48.8 Å². The first-order valence-corrected chi connectivity index (χ1v) is 12.6. The van der Waals surface area contributed by atoms with Crippen LogP contribution in [-0.4, -0.2) is 74.2 Å². The van der Waals surface area contributed by atoms with Crippen LogP contribution in [0.2, 0.25) is 0 Å². The fraction of sp³-hybridized carbons (Fsp3) is 0.444. The summed E-state index contributed by atoms with van der Waals surface area (Å²) in [5, 5.41) is 10.5. The Morgan fingerprint density at radius 3 is 2.72 bits per heavy atom. The highest BCUT2D eigenvalue weighted by Crippen LogP contribution is 2.41. The van der Waals surface area contributed by atoms with Gasteiger partial charge in [0.05, 0.1) is 28.9 Å². The molecule has 2 saturated heterocycles. The van der Waals surface area contributed by atoms with Crippen LogP contribution in [0.4, 0.5) is 11.5 Å². The van der Waals surface area contributed by atoms with Crippen LogP contribution in [0.15, 0.2) is 36.4 Å². The summed E-state index contributed by atoms with van der Waals surface area (Å²) in [6.45, 7) is 6.54. The molecule has 3 aliphatic rings. The van der Waals surface area contributed by atoms with Crippen molar-refractivity contribution >= 4 is 35.8 Å². The van der Waals surface area contributed by atoms with E-state index in [9.17, 15) is 5.26 Å². The predicted octanol–water partition coefficient (Wildman–Crippen LogP) is 1.61. The Morgan fingerprint density at radius 2 is 1.94 bits per heavy atom. The molecule has 0 saturated carbocycles. The number of benzene rings is 1. The number of hydrogen-bond acceptors (Lipinski definition) is 8. The molecular formula is C27H30BN7O. The minimum absolute atomic E-state index is 0.00852. The number of rotatable bonds is 3. The van der Waals surface area contributed by atoms with Crippen molar-refractivity contribution in [3.8, 4) is 6.07 Å². The molecule has 2 N–H and O–H groups in total. The molecule has 182 valence electrons. The molecule has 0 aliphatic carbocycles. The molecule has 0 unspecified atom stereocenters. The van der Waals surface area contributed by atoms with Crippen LogP contribution in [0, 0.1) is 11.3 Å². The number of nitriles is 1. The van der Waals surface area contributed by atoms with Gasteiger partial charge in [0.2, 0.25) is 0 Å². The molecule has 4 atom stereocenters. The van der Waals surface area contributed by atoms with Gasteiger partial charge < -0.3 is 20.3 Å². The van der Waals surface area contributed by atoms with Crippen molar-refractivity contribution in [2.45, 2.75) is 44.1 Å². The first-order chi connectivity index (χ1) is 17.5. The van der Waals surface area contributed by atoms with Crippen molar-refractivity contribution in [2.24, 2.45) is 5.73 Å². The molecule has 2 fully saturated rings. The lowest BCUT2D eigenvalue weighted by atomic mass is 9.98. The Labute approximate surface area is 213 Å². The van der Waals surface area contributed by atoms with Crippen LogP contribution < -0.4 is 21.1 Å². The van der Waals surface area contributed by atoms with Crippen molar-refractivity contribution < 1.29 is 4.74 Å². The second kappa shape index (κ2) is 9.04. The minimum Gasteiger partial charge on any atom is -0.380 e. The van der Waals surface area contributed by atoms with Crippen LogP contribution in [-0.2, 0) is 11.3 Å². The second-order valence-electron chi connectivity index (χ2n) is 10.2. The molecule has 9 heteroatoms. The fourth-order valence-corrected chi connectivity index (χ4v) is 6.18. The number of methoxy groups -OCH3 is 1. The monoisotopic (exact) mass is 479 g/mol. The van der Waals surface area contributed by atoms with E-state index in [-0.39, 0.29) is 18.2 Å². The summed E-state index contributed by atoms with van der Waals surface area (Å²) in [5.74, 6) is 1.00. The number of aromatic nitrogens is 2. The van der Waals surface area contributed by atoms with E-state index in [2.05, 4.69) is 44.8 Å². The zero-order chi connectivity index (χ0) is 25.0. The van der Waals surface area contributed by atoms with Crippen molar-refractivity contribution in [1.82, 2.24) is 14.9 Å². The smallest absolute Gasteiger partial charge is 0.141 e. The maximum atomic E-state index is 9.58. The van der Waals surface area contributed by atoms with Gasteiger partial charge in [-0.3, -0.25) is 9.88 Å². The average molecular weight is 479 g/mol. The van der Waals surface area contributed by atoms with E-state index in [1.807, 2.05) is 24.3 Å². The van der Waals surface area contributed by atoms with Crippen molar-refractivity contribution in [3.63, 3.8) is 0 Å². The molecule has 6 rings (SSSR count). The van der Waals surface area contributed by atoms with E-state index in [4.69, 9.17) is 23.3 Å². The molecule has 0 bridgehead atoms. The molecule has 36 heavy (non-hydrogen) atoms. The number of anilines is 2. The zero-order valence-electron chi connectivity index (χ0n) is 20.8. The lowest BCUT2D eigenvalue weighted by Crippen LogP contribution is -2.52. The maximum Gasteiger partial charge on any atom is 0.141 e. The van der Waals surface area contributed by atoms with Gasteiger partial charge in [-0.15, -0.1) is 0 Å². The van der Waals surface area contributed by atoms with Crippen LogP contribution in [0.1, 0.15) is 36.2 Å².